The summed E-state index contributed by atoms with van der Waals surface area (Å²) in [5, 5.41) is 13.6. The fourth-order valence-corrected chi connectivity index (χ4v) is 2.78. The van der Waals surface area contributed by atoms with Gasteiger partial charge in [-0.05, 0) is 49.3 Å². The molecule has 1 aromatic carbocycles. The Balaban J connectivity index is 2.17. The highest BCUT2D eigenvalue weighted by atomic mass is 35.5. The fraction of sp³-hybridized carbons (Fsp3) is 0.562. The molecule has 5 heteroatoms. The monoisotopic (exact) mass is 329 g/mol. The Morgan fingerprint density at radius 1 is 1.29 bits per heavy atom. The summed E-state index contributed by atoms with van der Waals surface area (Å²) in [6.07, 6.45) is 2.60. The second-order valence-corrected chi connectivity index (χ2v) is 6.72. The van der Waals surface area contributed by atoms with Crippen LogP contribution in [0.4, 0.5) is 0 Å². The summed E-state index contributed by atoms with van der Waals surface area (Å²) in [4.78, 5) is 12.9. The van der Waals surface area contributed by atoms with E-state index in [4.69, 9.17) is 11.6 Å². The van der Waals surface area contributed by atoms with Crippen LogP contribution in [0.25, 0.3) is 0 Å². The molecule has 0 radical (unpaired) electrons. The molecule has 1 amide bonds. The van der Waals surface area contributed by atoms with Crippen molar-refractivity contribution >= 4 is 29.3 Å². The van der Waals surface area contributed by atoms with Crippen molar-refractivity contribution in [2.24, 2.45) is 0 Å². The minimum absolute atomic E-state index is 0.00651. The van der Waals surface area contributed by atoms with Crippen LogP contribution in [0.5, 0.6) is 0 Å². The average Bonchev–Trinajstić information content (AvgIpc) is 2.51. The van der Waals surface area contributed by atoms with Crippen LogP contribution in [0.3, 0.4) is 0 Å². The Kier molecular flexibility index (Phi) is 8.15. The number of amides is 1. The number of thioether (sulfide) groups is 1. The number of nitrogens with one attached hydrogen (secondary N) is 1. The van der Waals surface area contributed by atoms with Gasteiger partial charge in [-0.25, -0.2) is 0 Å². The van der Waals surface area contributed by atoms with Crippen LogP contribution in [0.15, 0.2) is 29.2 Å². The smallest absolute Gasteiger partial charge is 0.220 e. The Bertz CT molecular complexity index is 432. The van der Waals surface area contributed by atoms with Gasteiger partial charge in [-0.2, -0.15) is 0 Å². The van der Waals surface area contributed by atoms with E-state index in [1.807, 2.05) is 38.1 Å². The number of benzene rings is 1. The maximum Gasteiger partial charge on any atom is 0.220 e. The SMILES string of the molecule is CCC(O)(CC)CNC(=O)CCCSc1ccc(Cl)cc1. The summed E-state index contributed by atoms with van der Waals surface area (Å²) in [5.41, 5.74) is -0.770. The first-order chi connectivity index (χ1) is 9.99. The van der Waals surface area contributed by atoms with Crippen molar-refractivity contribution in [3.05, 3.63) is 29.3 Å². The van der Waals surface area contributed by atoms with Crippen LogP contribution in [-0.2, 0) is 4.79 Å². The highest BCUT2D eigenvalue weighted by Crippen LogP contribution is 2.21. The van der Waals surface area contributed by atoms with E-state index in [0.29, 0.717) is 25.8 Å². The van der Waals surface area contributed by atoms with Crippen molar-refractivity contribution in [1.82, 2.24) is 5.32 Å². The summed E-state index contributed by atoms with van der Waals surface area (Å²) in [6.45, 7) is 4.19. The summed E-state index contributed by atoms with van der Waals surface area (Å²) in [5.74, 6) is 0.896. The molecule has 0 spiro atoms. The average molecular weight is 330 g/mol. The van der Waals surface area contributed by atoms with Gasteiger partial charge in [0.25, 0.3) is 0 Å². The molecule has 118 valence electrons. The van der Waals surface area contributed by atoms with Gasteiger partial charge in [0.15, 0.2) is 0 Å². The number of aliphatic hydroxyl groups is 1. The molecule has 21 heavy (non-hydrogen) atoms. The maximum absolute atomic E-state index is 11.7. The molecule has 1 rings (SSSR count). The maximum atomic E-state index is 11.7. The largest absolute Gasteiger partial charge is 0.388 e. The van der Waals surface area contributed by atoms with E-state index in [1.54, 1.807) is 11.8 Å². The van der Waals surface area contributed by atoms with E-state index in [9.17, 15) is 9.90 Å². The van der Waals surface area contributed by atoms with Crippen LogP contribution < -0.4 is 5.32 Å². The molecule has 1 aromatic rings. The number of rotatable bonds is 9. The van der Waals surface area contributed by atoms with Gasteiger partial charge in [0.1, 0.15) is 0 Å². The van der Waals surface area contributed by atoms with E-state index in [1.165, 1.54) is 0 Å². The number of halogens is 1. The summed E-state index contributed by atoms with van der Waals surface area (Å²) in [6, 6.07) is 7.70. The van der Waals surface area contributed by atoms with E-state index in [-0.39, 0.29) is 5.91 Å². The quantitative estimate of drug-likeness (QED) is 0.534. The molecule has 0 aliphatic rings. The topological polar surface area (TPSA) is 49.3 Å². The minimum atomic E-state index is -0.770. The van der Waals surface area contributed by atoms with Crippen molar-refractivity contribution in [2.45, 2.75) is 50.0 Å². The van der Waals surface area contributed by atoms with Crippen LogP contribution >= 0.6 is 23.4 Å². The van der Waals surface area contributed by atoms with Crippen LogP contribution in [0.1, 0.15) is 39.5 Å². The fourth-order valence-electron chi connectivity index (χ4n) is 1.81. The van der Waals surface area contributed by atoms with Gasteiger partial charge < -0.3 is 10.4 Å². The summed E-state index contributed by atoms with van der Waals surface area (Å²) < 4.78 is 0. The van der Waals surface area contributed by atoms with Crippen molar-refractivity contribution in [2.75, 3.05) is 12.3 Å². The lowest BCUT2D eigenvalue weighted by atomic mass is 9.97. The molecule has 0 aliphatic heterocycles. The normalized spacial score (nSPS) is 11.4. The second-order valence-electron chi connectivity index (χ2n) is 5.11. The summed E-state index contributed by atoms with van der Waals surface area (Å²) in [7, 11) is 0. The van der Waals surface area contributed by atoms with Crippen LogP contribution in [-0.4, -0.2) is 28.9 Å². The molecular formula is C16H24ClNO2S. The molecule has 0 fully saturated rings. The molecule has 3 nitrogen and oxygen atoms in total. The lowest BCUT2D eigenvalue weighted by molar-refractivity contribution is -0.122. The predicted octanol–water partition coefficient (Wildman–Crippen LogP) is 3.88. The Labute approximate surface area is 136 Å². The van der Waals surface area contributed by atoms with Crippen LogP contribution in [0, 0.1) is 0 Å². The number of carbonyl (C=O) groups excluding carboxylic acids is 1. The van der Waals surface area contributed by atoms with E-state index in [2.05, 4.69) is 5.32 Å². The second kappa shape index (κ2) is 9.34. The third-order valence-corrected chi connectivity index (χ3v) is 4.91. The zero-order chi connectivity index (χ0) is 15.7. The van der Waals surface area contributed by atoms with Crippen molar-refractivity contribution < 1.29 is 9.90 Å². The zero-order valence-corrected chi connectivity index (χ0v) is 14.3. The minimum Gasteiger partial charge on any atom is -0.388 e. The first kappa shape index (κ1) is 18.3. The molecule has 2 N–H and O–H groups in total. The predicted molar refractivity (Wildman–Crippen MR) is 90.0 cm³/mol. The van der Waals surface area contributed by atoms with Crippen molar-refractivity contribution in [1.29, 1.82) is 0 Å². The molecule has 0 atom stereocenters. The van der Waals surface area contributed by atoms with Crippen molar-refractivity contribution in [3.8, 4) is 0 Å². The van der Waals surface area contributed by atoms with E-state index < -0.39 is 5.60 Å². The third-order valence-electron chi connectivity index (χ3n) is 3.56. The molecule has 0 saturated carbocycles. The zero-order valence-electron chi connectivity index (χ0n) is 12.7. The summed E-state index contributed by atoms with van der Waals surface area (Å²) >= 11 is 7.54. The molecule has 0 bridgehead atoms. The Morgan fingerprint density at radius 3 is 2.48 bits per heavy atom. The first-order valence-corrected chi connectivity index (χ1v) is 8.73. The molecule has 0 unspecified atom stereocenters. The van der Waals surface area contributed by atoms with E-state index in [0.717, 1.165) is 22.1 Å². The molecule has 0 aliphatic carbocycles. The third kappa shape index (κ3) is 7.21. The standard InChI is InChI=1S/C16H24ClNO2S/c1-3-16(20,4-2)12-18-15(19)6-5-11-21-14-9-7-13(17)8-10-14/h7-10,20H,3-6,11-12H2,1-2H3,(H,18,19). The van der Waals surface area contributed by atoms with Gasteiger partial charge in [0, 0.05) is 22.9 Å². The van der Waals surface area contributed by atoms with Crippen LogP contribution in [0.2, 0.25) is 5.02 Å². The lowest BCUT2D eigenvalue weighted by Gasteiger charge is -2.25. The molecule has 0 aromatic heterocycles. The first-order valence-electron chi connectivity index (χ1n) is 7.36. The van der Waals surface area contributed by atoms with Gasteiger partial charge in [-0.1, -0.05) is 25.4 Å². The van der Waals surface area contributed by atoms with Gasteiger partial charge in [0.05, 0.1) is 5.60 Å². The number of carbonyl (C=O) groups is 1. The Morgan fingerprint density at radius 2 is 1.90 bits per heavy atom. The van der Waals surface area contributed by atoms with Gasteiger partial charge in [-0.15, -0.1) is 11.8 Å². The lowest BCUT2D eigenvalue weighted by Crippen LogP contribution is -2.41. The van der Waals surface area contributed by atoms with E-state index >= 15 is 0 Å². The van der Waals surface area contributed by atoms with Gasteiger partial charge in [0.2, 0.25) is 5.91 Å². The molecular weight excluding hydrogens is 306 g/mol. The number of hydrogen-bond donors (Lipinski definition) is 2. The highest BCUT2D eigenvalue weighted by molar-refractivity contribution is 7.99. The van der Waals surface area contributed by atoms with Gasteiger partial charge in [-0.3, -0.25) is 4.79 Å². The van der Waals surface area contributed by atoms with Crippen molar-refractivity contribution in [3.63, 3.8) is 0 Å². The molecule has 0 heterocycles. The molecule has 0 saturated heterocycles. The number of hydrogen-bond acceptors (Lipinski definition) is 3. The van der Waals surface area contributed by atoms with Gasteiger partial charge >= 0.3 is 0 Å². The highest BCUT2D eigenvalue weighted by Gasteiger charge is 2.22. The Hall–Kier alpha value is -0.710.